The first-order valence-electron chi connectivity index (χ1n) is 9.36. The fourth-order valence-electron chi connectivity index (χ4n) is 3.41. The molecule has 2 aromatic carbocycles. The van der Waals surface area contributed by atoms with Crippen LogP contribution in [0.3, 0.4) is 0 Å². The summed E-state index contributed by atoms with van der Waals surface area (Å²) in [7, 11) is 0. The summed E-state index contributed by atoms with van der Waals surface area (Å²) < 4.78 is 13.4. The molecule has 2 aliphatic rings. The van der Waals surface area contributed by atoms with Gasteiger partial charge in [0.15, 0.2) is 0 Å². The number of amides is 1. The van der Waals surface area contributed by atoms with Crippen LogP contribution in [0, 0.1) is 15.9 Å². The third-order valence-electron chi connectivity index (χ3n) is 5.12. The Morgan fingerprint density at radius 3 is 2.50 bits per heavy atom. The second-order valence-electron chi connectivity index (χ2n) is 7.17. The number of piperazine rings is 1. The van der Waals surface area contributed by atoms with E-state index < -0.39 is 5.82 Å². The van der Waals surface area contributed by atoms with E-state index in [1.807, 2.05) is 6.07 Å². The van der Waals surface area contributed by atoms with Crippen molar-refractivity contribution in [2.24, 2.45) is 0 Å². The van der Waals surface area contributed by atoms with E-state index in [2.05, 4.69) is 10.2 Å². The number of nitro groups is 1. The van der Waals surface area contributed by atoms with Crippen LogP contribution in [0.5, 0.6) is 0 Å². The number of hydrogen-bond donors (Lipinski definition) is 1. The van der Waals surface area contributed by atoms with Gasteiger partial charge in [-0.15, -0.1) is 0 Å². The normalized spacial score (nSPS) is 16.8. The monoisotopic (exact) mass is 384 g/mol. The largest absolute Gasteiger partial charge is 0.377 e. The van der Waals surface area contributed by atoms with Crippen LogP contribution in [0.25, 0.3) is 0 Å². The first kappa shape index (κ1) is 18.2. The summed E-state index contributed by atoms with van der Waals surface area (Å²) in [4.78, 5) is 27.3. The second kappa shape index (κ2) is 7.46. The summed E-state index contributed by atoms with van der Waals surface area (Å²) in [6, 6.07) is 11.1. The van der Waals surface area contributed by atoms with Gasteiger partial charge in [0.05, 0.1) is 4.92 Å². The van der Waals surface area contributed by atoms with Gasteiger partial charge in [0.2, 0.25) is 0 Å². The summed E-state index contributed by atoms with van der Waals surface area (Å²) in [6.45, 7) is 2.25. The van der Waals surface area contributed by atoms with E-state index in [1.165, 1.54) is 24.3 Å². The van der Waals surface area contributed by atoms with E-state index in [1.54, 1.807) is 17.0 Å². The Morgan fingerprint density at radius 1 is 1.11 bits per heavy atom. The van der Waals surface area contributed by atoms with Crippen LogP contribution in [-0.4, -0.2) is 48.0 Å². The van der Waals surface area contributed by atoms with Gasteiger partial charge in [0.1, 0.15) is 11.5 Å². The van der Waals surface area contributed by atoms with Crippen molar-refractivity contribution in [2.45, 2.75) is 18.9 Å². The van der Waals surface area contributed by atoms with Crippen LogP contribution < -0.4 is 10.2 Å². The SMILES string of the molecule is O=C(c1cccc(F)c1)N1CCN(c2ccc([N+](=O)[O-])c(NC3CC3)c2)CC1. The number of nitro benzene ring substituents is 1. The molecular formula is C20H21FN4O3. The highest BCUT2D eigenvalue weighted by Crippen LogP contribution is 2.34. The molecule has 0 spiro atoms. The predicted molar refractivity (Wildman–Crippen MR) is 104 cm³/mol. The zero-order valence-electron chi connectivity index (χ0n) is 15.3. The van der Waals surface area contributed by atoms with Gasteiger partial charge in [-0.05, 0) is 43.2 Å². The number of benzene rings is 2. The van der Waals surface area contributed by atoms with Crippen LogP contribution >= 0.6 is 0 Å². The lowest BCUT2D eigenvalue weighted by atomic mass is 10.1. The molecule has 146 valence electrons. The highest BCUT2D eigenvalue weighted by molar-refractivity contribution is 5.94. The van der Waals surface area contributed by atoms with Gasteiger partial charge < -0.3 is 15.1 Å². The fraction of sp³-hybridized carbons (Fsp3) is 0.350. The molecule has 1 aliphatic heterocycles. The average Bonchev–Trinajstić information content (AvgIpc) is 3.51. The average molecular weight is 384 g/mol. The number of carbonyl (C=O) groups is 1. The molecule has 1 saturated carbocycles. The van der Waals surface area contributed by atoms with Crippen molar-refractivity contribution in [2.75, 3.05) is 36.4 Å². The molecule has 0 atom stereocenters. The van der Waals surface area contributed by atoms with Crippen molar-refractivity contribution < 1.29 is 14.1 Å². The molecule has 1 saturated heterocycles. The van der Waals surface area contributed by atoms with Crippen LogP contribution in [0.15, 0.2) is 42.5 Å². The molecule has 7 nitrogen and oxygen atoms in total. The molecular weight excluding hydrogens is 363 g/mol. The van der Waals surface area contributed by atoms with Crippen LogP contribution in [-0.2, 0) is 0 Å². The minimum absolute atomic E-state index is 0.0792. The predicted octanol–water partition coefficient (Wildman–Crippen LogP) is 3.27. The topological polar surface area (TPSA) is 78.7 Å². The maximum Gasteiger partial charge on any atom is 0.292 e. The maximum atomic E-state index is 13.4. The zero-order chi connectivity index (χ0) is 19.7. The fourth-order valence-corrected chi connectivity index (χ4v) is 3.41. The van der Waals surface area contributed by atoms with Gasteiger partial charge >= 0.3 is 0 Å². The van der Waals surface area contributed by atoms with Crippen molar-refractivity contribution in [3.8, 4) is 0 Å². The van der Waals surface area contributed by atoms with Gasteiger partial charge in [0.25, 0.3) is 11.6 Å². The molecule has 1 aliphatic carbocycles. The Morgan fingerprint density at radius 2 is 1.86 bits per heavy atom. The molecule has 2 aromatic rings. The van der Waals surface area contributed by atoms with Gasteiger partial charge in [0, 0.05) is 49.5 Å². The third-order valence-corrected chi connectivity index (χ3v) is 5.12. The van der Waals surface area contributed by atoms with Crippen molar-refractivity contribution in [3.05, 3.63) is 64.0 Å². The van der Waals surface area contributed by atoms with Crippen molar-refractivity contribution >= 4 is 23.0 Å². The number of anilines is 2. The Bertz CT molecular complexity index is 908. The van der Waals surface area contributed by atoms with E-state index >= 15 is 0 Å². The van der Waals surface area contributed by atoms with Crippen LogP contribution in [0.1, 0.15) is 23.2 Å². The third kappa shape index (κ3) is 3.90. The minimum atomic E-state index is -0.425. The number of hydrogen-bond acceptors (Lipinski definition) is 5. The molecule has 2 fully saturated rings. The lowest BCUT2D eigenvalue weighted by Crippen LogP contribution is -2.48. The lowest BCUT2D eigenvalue weighted by Gasteiger charge is -2.36. The Hall–Kier alpha value is -3.16. The molecule has 0 aromatic heterocycles. The molecule has 0 bridgehead atoms. The smallest absolute Gasteiger partial charge is 0.292 e. The van der Waals surface area contributed by atoms with E-state index in [0.29, 0.717) is 43.5 Å². The molecule has 8 heteroatoms. The van der Waals surface area contributed by atoms with E-state index in [4.69, 9.17) is 0 Å². The molecule has 1 amide bonds. The summed E-state index contributed by atoms with van der Waals surface area (Å²) in [5.74, 6) is -0.606. The van der Waals surface area contributed by atoms with E-state index in [9.17, 15) is 19.3 Å². The number of nitrogens with one attached hydrogen (secondary N) is 1. The number of nitrogens with zero attached hydrogens (tertiary/aromatic N) is 3. The Kier molecular flexibility index (Phi) is 4.85. The second-order valence-corrected chi connectivity index (χ2v) is 7.17. The first-order chi connectivity index (χ1) is 13.5. The van der Waals surface area contributed by atoms with Crippen molar-refractivity contribution in [1.82, 2.24) is 4.90 Å². The first-order valence-corrected chi connectivity index (χ1v) is 9.36. The summed E-state index contributed by atoms with van der Waals surface area (Å²) in [6.07, 6.45) is 2.06. The summed E-state index contributed by atoms with van der Waals surface area (Å²) in [5.41, 5.74) is 1.87. The van der Waals surface area contributed by atoms with Gasteiger partial charge in [-0.25, -0.2) is 4.39 Å². The molecule has 28 heavy (non-hydrogen) atoms. The molecule has 4 rings (SSSR count). The Labute approximate surface area is 161 Å². The minimum Gasteiger partial charge on any atom is -0.377 e. The quantitative estimate of drug-likeness (QED) is 0.632. The van der Waals surface area contributed by atoms with Gasteiger partial charge in [-0.3, -0.25) is 14.9 Å². The maximum absolute atomic E-state index is 13.4. The van der Waals surface area contributed by atoms with E-state index in [-0.39, 0.29) is 16.5 Å². The molecule has 1 heterocycles. The van der Waals surface area contributed by atoms with E-state index in [0.717, 1.165) is 18.5 Å². The molecule has 0 unspecified atom stereocenters. The number of halogens is 1. The lowest BCUT2D eigenvalue weighted by molar-refractivity contribution is -0.384. The molecule has 0 radical (unpaired) electrons. The number of carbonyl (C=O) groups excluding carboxylic acids is 1. The standard InChI is InChI=1S/C20H21FN4O3/c21-15-3-1-2-14(12-15)20(26)24-10-8-23(9-11-24)17-6-7-19(25(27)28)18(13-17)22-16-4-5-16/h1-3,6-7,12-13,16,22H,4-5,8-11H2. The summed E-state index contributed by atoms with van der Waals surface area (Å²) in [5, 5.41) is 14.5. The highest BCUT2D eigenvalue weighted by atomic mass is 19.1. The summed E-state index contributed by atoms with van der Waals surface area (Å²) >= 11 is 0. The number of rotatable bonds is 5. The van der Waals surface area contributed by atoms with Crippen molar-refractivity contribution in [3.63, 3.8) is 0 Å². The Balaban J connectivity index is 1.44. The van der Waals surface area contributed by atoms with Crippen LogP contribution in [0.4, 0.5) is 21.5 Å². The van der Waals surface area contributed by atoms with Crippen LogP contribution in [0.2, 0.25) is 0 Å². The van der Waals surface area contributed by atoms with Gasteiger partial charge in [-0.1, -0.05) is 6.07 Å². The molecule has 1 N–H and O–H groups in total. The van der Waals surface area contributed by atoms with Gasteiger partial charge in [-0.2, -0.15) is 0 Å². The zero-order valence-corrected chi connectivity index (χ0v) is 15.3. The van der Waals surface area contributed by atoms with Crippen molar-refractivity contribution in [1.29, 1.82) is 0 Å². The highest BCUT2D eigenvalue weighted by Gasteiger charge is 2.27.